The number of alkyl halides is 3. The Morgan fingerprint density at radius 1 is 1.04 bits per heavy atom. The number of aromatic nitrogens is 4. The topological polar surface area (TPSA) is 63.8 Å². The van der Waals surface area contributed by atoms with Gasteiger partial charge in [0.2, 0.25) is 5.82 Å². The fourth-order valence-electron chi connectivity index (χ4n) is 2.48. The molecular weight excluding hydrogens is 352 g/mol. The molecule has 0 aliphatic heterocycles. The minimum absolute atomic E-state index is 0.149. The third-order valence-electron chi connectivity index (χ3n) is 3.74. The van der Waals surface area contributed by atoms with Crippen molar-refractivity contribution in [3.63, 3.8) is 0 Å². The molecule has 0 radical (unpaired) electrons. The highest BCUT2D eigenvalue weighted by atomic mass is 19.4. The minimum atomic E-state index is -4.39. The molecule has 2 aromatic carbocycles. The number of tetrazole rings is 1. The highest BCUT2D eigenvalue weighted by Gasteiger charge is 2.29. The van der Waals surface area contributed by atoms with E-state index in [1.165, 1.54) is 35.1 Å². The highest BCUT2D eigenvalue weighted by Crippen LogP contribution is 2.30. The lowest BCUT2D eigenvalue weighted by atomic mass is 9.98. The van der Waals surface area contributed by atoms with Crippen LogP contribution in [0.1, 0.15) is 16.7 Å². The number of benzene rings is 2. The number of nitrogens with zero attached hydrogens (tertiary/aromatic N) is 4. The SMILES string of the molecule is OCCn1nnc(-c2cc(F)ccc2Cc2ccc(C(F)(F)F)cc2)n1. The number of aliphatic hydroxyl groups excluding tert-OH is 1. The van der Waals surface area contributed by atoms with E-state index in [1.54, 1.807) is 0 Å². The van der Waals surface area contributed by atoms with E-state index in [1.807, 2.05) is 0 Å². The Labute approximate surface area is 145 Å². The standard InChI is InChI=1S/C17H14F4N4O/c18-14-6-3-12(9-11-1-4-13(5-2-11)17(19,20)21)15(10-14)16-22-24-25(23-16)7-8-26/h1-6,10,26H,7-9H2. The van der Waals surface area contributed by atoms with Crippen molar-refractivity contribution in [3.05, 3.63) is 65.0 Å². The average Bonchev–Trinajstić information content (AvgIpc) is 3.05. The first-order valence-corrected chi connectivity index (χ1v) is 7.70. The predicted molar refractivity (Wildman–Crippen MR) is 84.5 cm³/mol. The molecule has 3 rings (SSSR count). The van der Waals surface area contributed by atoms with E-state index in [2.05, 4.69) is 15.4 Å². The summed E-state index contributed by atoms with van der Waals surface area (Å²) in [6.07, 6.45) is -4.11. The molecule has 0 amide bonds. The Morgan fingerprint density at radius 3 is 2.42 bits per heavy atom. The van der Waals surface area contributed by atoms with Crippen molar-refractivity contribution in [2.45, 2.75) is 19.1 Å². The first-order chi connectivity index (χ1) is 12.4. The Morgan fingerprint density at radius 2 is 1.77 bits per heavy atom. The normalized spacial score (nSPS) is 11.7. The third kappa shape index (κ3) is 4.05. The van der Waals surface area contributed by atoms with E-state index in [0.29, 0.717) is 16.7 Å². The number of aliphatic hydroxyl groups is 1. The Kier molecular flexibility index (Phi) is 4.99. The van der Waals surface area contributed by atoms with E-state index in [-0.39, 0.29) is 25.4 Å². The van der Waals surface area contributed by atoms with E-state index in [0.717, 1.165) is 12.1 Å². The first-order valence-electron chi connectivity index (χ1n) is 7.70. The van der Waals surface area contributed by atoms with Crippen LogP contribution in [0.4, 0.5) is 17.6 Å². The van der Waals surface area contributed by atoms with Gasteiger partial charge in [-0.05, 0) is 47.0 Å². The molecular formula is C17H14F4N4O. The molecule has 0 fully saturated rings. The fourth-order valence-corrected chi connectivity index (χ4v) is 2.48. The van der Waals surface area contributed by atoms with Crippen LogP contribution in [0.5, 0.6) is 0 Å². The van der Waals surface area contributed by atoms with Gasteiger partial charge >= 0.3 is 6.18 Å². The molecule has 3 aromatic rings. The number of hydrogen-bond acceptors (Lipinski definition) is 4. The summed E-state index contributed by atoms with van der Waals surface area (Å²) in [6, 6.07) is 8.83. The van der Waals surface area contributed by atoms with Gasteiger partial charge in [0.05, 0.1) is 18.7 Å². The van der Waals surface area contributed by atoms with Crippen LogP contribution in [0.3, 0.4) is 0 Å². The second kappa shape index (κ2) is 7.20. The second-order valence-electron chi connectivity index (χ2n) is 5.61. The molecule has 136 valence electrons. The summed E-state index contributed by atoms with van der Waals surface area (Å²) in [5.74, 6) is -0.311. The summed E-state index contributed by atoms with van der Waals surface area (Å²) in [6.45, 7) is -0.0199. The van der Waals surface area contributed by atoms with Crippen molar-refractivity contribution in [2.75, 3.05) is 6.61 Å². The quantitative estimate of drug-likeness (QED) is 0.705. The van der Waals surface area contributed by atoms with Crippen molar-refractivity contribution < 1.29 is 22.7 Å². The van der Waals surface area contributed by atoms with Crippen molar-refractivity contribution >= 4 is 0 Å². The van der Waals surface area contributed by atoms with E-state index in [4.69, 9.17) is 5.11 Å². The van der Waals surface area contributed by atoms with Crippen LogP contribution >= 0.6 is 0 Å². The van der Waals surface area contributed by atoms with Crippen LogP contribution in [-0.4, -0.2) is 31.9 Å². The molecule has 0 atom stereocenters. The Balaban J connectivity index is 1.90. The van der Waals surface area contributed by atoms with Crippen molar-refractivity contribution in [3.8, 4) is 11.4 Å². The molecule has 5 nitrogen and oxygen atoms in total. The van der Waals surface area contributed by atoms with Gasteiger partial charge < -0.3 is 5.11 Å². The average molecular weight is 366 g/mol. The predicted octanol–water partition coefficient (Wildman–Crippen LogP) is 3.08. The lowest BCUT2D eigenvalue weighted by Crippen LogP contribution is -2.06. The maximum atomic E-state index is 13.7. The zero-order valence-corrected chi connectivity index (χ0v) is 13.4. The second-order valence-corrected chi connectivity index (χ2v) is 5.61. The van der Waals surface area contributed by atoms with Crippen molar-refractivity contribution in [1.29, 1.82) is 0 Å². The van der Waals surface area contributed by atoms with Crippen LogP contribution in [0.15, 0.2) is 42.5 Å². The van der Waals surface area contributed by atoms with Crippen LogP contribution < -0.4 is 0 Å². The minimum Gasteiger partial charge on any atom is -0.394 e. The number of halogens is 4. The number of hydrogen-bond donors (Lipinski definition) is 1. The van der Waals surface area contributed by atoms with Gasteiger partial charge in [0.1, 0.15) is 5.82 Å². The molecule has 0 saturated heterocycles. The molecule has 1 aromatic heterocycles. The molecule has 0 saturated carbocycles. The summed E-state index contributed by atoms with van der Waals surface area (Å²) in [7, 11) is 0. The van der Waals surface area contributed by atoms with Gasteiger partial charge in [-0.25, -0.2) is 4.39 Å². The van der Waals surface area contributed by atoms with Gasteiger partial charge in [-0.2, -0.15) is 18.0 Å². The smallest absolute Gasteiger partial charge is 0.394 e. The molecule has 0 unspecified atom stereocenters. The molecule has 1 N–H and O–H groups in total. The van der Waals surface area contributed by atoms with Gasteiger partial charge in [0, 0.05) is 5.56 Å². The Hall–Kier alpha value is -2.81. The van der Waals surface area contributed by atoms with Gasteiger partial charge in [-0.15, -0.1) is 10.2 Å². The monoisotopic (exact) mass is 366 g/mol. The van der Waals surface area contributed by atoms with Crippen LogP contribution in [0.2, 0.25) is 0 Å². The Bertz CT molecular complexity index is 891. The molecule has 9 heteroatoms. The molecule has 0 aliphatic carbocycles. The fraction of sp³-hybridized carbons (Fsp3) is 0.235. The van der Waals surface area contributed by atoms with Crippen LogP contribution in [-0.2, 0) is 19.1 Å². The van der Waals surface area contributed by atoms with Gasteiger partial charge in [-0.1, -0.05) is 18.2 Å². The molecule has 0 bridgehead atoms. The van der Waals surface area contributed by atoms with E-state index >= 15 is 0 Å². The summed E-state index contributed by atoms with van der Waals surface area (Å²) in [5.41, 5.74) is 0.951. The van der Waals surface area contributed by atoms with Gasteiger partial charge in [0.15, 0.2) is 0 Å². The maximum Gasteiger partial charge on any atom is 0.416 e. The molecule has 0 aliphatic rings. The van der Waals surface area contributed by atoms with Gasteiger partial charge in [-0.3, -0.25) is 0 Å². The summed E-state index contributed by atoms with van der Waals surface area (Å²) in [4.78, 5) is 1.18. The van der Waals surface area contributed by atoms with E-state index < -0.39 is 17.6 Å². The first kappa shape index (κ1) is 18.0. The van der Waals surface area contributed by atoms with Crippen LogP contribution in [0, 0.1) is 5.82 Å². The third-order valence-corrected chi connectivity index (χ3v) is 3.74. The molecule has 1 heterocycles. The zero-order chi connectivity index (χ0) is 18.7. The lowest BCUT2D eigenvalue weighted by Gasteiger charge is -2.09. The highest BCUT2D eigenvalue weighted by molar-refractivity contribution is 5.60. The zero-order valence-electron chi connectivity index (χ0n) is 13.4. The molecule has 0 spiro atoms. The van der Waals surface area contributed by atoms with E-state index in [9.17, 15) is 17.6 Å². The summed E-state index contributed by atoms with van der Waals surface area (Å²) in [5, 5.41) is 20.6. The largest absolute Gasteiger partial charge is 0.416 e. The molecule has 26 heavy (non-hydrogen) atoms. The summed E-state index contributed by atoms with van der Waals surface area (Å²) < 4.78 is 51.6. The van der Waals surface area contributed by atoms with Gasteiger partial charge in [0.25, 0.3) is 0 Å². The number of rotatable bonds is 5. The summed E-state index contributed by atoms with van der Waals surface area (Å²) >= 11 is 0. The van der Waals surface area contributed by atoms with Crippen molar-refractivity contribution in [2.24, 2.45) is 0 Å². The van der Waals surface area contributed by atoms with Crippen LogP contribution in [0.25, 0.3) is 11.4 Å². The maximum absolute atomic E-state index is 13.7. The lowest BCUT2D eigenvalue weighted by molar-refractivity contribution is -0.137. The van der Waals surface area contributed by atoms with Crippen molar-refractivity contribution in [1.82, 2.24) is 20.2 Å².